The number of nitrogens with one attached hydrogen (secondary N) is 1. The molecule has 1 rings (SSSR count). The summed E-state index contributed by atoms with van der Waals surface area (Å²) in [5.74, 6) is 0. The third-order valence-corrected chi connectivity index (χ3v) is 2.65. The first kappa shape index (κ1) is 13.5. The van der Waals surface area contributed by atoms with E-state index >= 15 is 0 Å². The summed E-state index contributed by atoms with van der Waals surface area (Å²) in [6.07, 6.45) is -4.36. The number of hydrogen-bond acceptors (Lipinski definition) is 2. The number of halogens is 4. The third kappa shape index (κ3) is 3.77. The van der Waals surface area contributed by atoms with Crippen LogP contribution in [0.25, 0.3) is 0 Å². The number of alkyl halides is 3. The summed E-state index contributed by atoms with van der Waals surface area (Å²) in [6.45, 7) is 0.622. The second-order valence-electron chi connectivity index (χ2n) is 3.21. The Kier molecular flexibility index (Phi) is 4.76. The van der Waals surface area contributed by atoms with E-state index < -0.39 is 11.7 Å². The van der Waals surface area contributed by atoms with Gasteiger partial charge in [0.25, 0.3) is 0 Å². The van der Waals surface area contributed by atoms with Crippen molar-refractivity contribution < 1.29 is 18.3 Å². The van der Waals surface area contributed by atoms with Gasteiger partial charge in [-0.05, 0) is 17.7 Å². The minimum atomic E-state index is -4.36. The highest BCUT2D eigenvalue weighted by molar-refractivity contribution is 9.10. The molecule has 2 nitrogen and oxygen atoms in total. The molecule has 0 amide bonds. The van der Waals surface area contributed by atoms with Gasteiger partial charge in [-0.2, -0.15) is 13.2 Å². The molecule has 0 radical (unpaired) electrons. The molecular formula is C10H11BrF3NO. The first-order chi connectivity index (χ1) is 7.45. The van der Waals surface area contributed by atoms with Crippen LogP contribution in [0.4, 0.5) is 13.2 Å². The van der Waals surface area contributed by atoms with Crippen LogP contribution < -0.4 is 5.32 Å². The molecule has 90 valence electrons. The molecule has 2 N–H and O–H groups in total. The van der Waals surface area contributed by atoms with Crippen molar-refractivity contribution in [2.45, 2.75) is 12.7 Å². The van der Waals surface area contributed by atoms with Crippen molar-refractivity contribution in [3.05, 3.63) is 33.8 Å². The summed E-state index contributed by atoms with van der Waals surface area (Å²) >= 11 is 2.87. The van der Waals surface area contributed by atoms with Crippen LogP contribution in [0.2, 0.25) is 0 Å². The highest BCUT2D eigenvalue weighted by Gasteiger charge is 2.32. The Labute approximate surface area is 99.6 Å². The lowest BCUT2D eigenvalue weighted by atomic mass is 10.1. The minimum absolute atomic E-state index is 0.0332. The Morgan fingerprint density at radius 1 is 1.31 bits per heavy atom. The summed E-state index contributed by atoms with van der Waals surface area (Å²) in [6, 6.07) is 4.07. The van der Waals surface area contributed by atoms with Crippen LogP contribution in [0.5, 0.6) is 0 Å². The van der Waals surface area contributed by atoms with Gasteiger partial charge in [0, 0.05) is 17.6 Å². The Morgan fingerprint density at radius 3 is 2.56 bits per heavy atom. The Morgan fingerprint density at radius 2 is 2.00 bits per heavy atom. The summed E-state index contributed by atoms with van der Waals surface area (Å²) in [5, 5.41) is 11.3. The van der Waals surface area contributed by atoms with E-state index in [1.807, 2.05) is 0 Å². The molecule has 16 heavy (non-hydrogen) atoms. The molecule has 1 aromatic carbocycles. The van der Waals surface area contributed by atoms with Gasteiger partial charge in [-0.25, -0.2) is 0 Å². The largest absolute Gasteiger partial charge is 0.417 e. The molecule has 1 aromatic rings. The SMILES string of the molecule is OCCNCc1ccc(Br)c(C(F)(F)F)c1. The monoisotopic (exact) mass is 297 g/mol. The summed E-state index contributed by atoms with van der Waals surface area (Å²) < 4.78 is 37.6. The zero-order valence-electron chi connectivity index (χ0n) is 8.31. The number of benzene rings is 1. The smallest absolute Gasteiger partial charge is 0.395 e. The average molecular weight is 298 g/mol. The van der Waals surface area contributed by atoms with E-state index in [4.69, 9.17) is 5.11 Å². The van der Waals surface area contributed by atoms with Crippen LogP contribution in [-0.2, 0) is 12.7 Å². The lowest BCUT2D eigenvalue weighted by Crippen LogP contribution is -2.18. The average Bonchev–Trinajstić information content (AvgIpc) is 2.19. The molecule has 0 aliphatic carbocycles. The van der Waals surface area contributed by atoms with E-state index in [1.54, 1.807) is 6.07 Å². The molecular weight excluding hydrogens is 287 g/mol. The molecule has 0 atom stereocenters. The second kappa shape index (κ2) is 5.65. The minimum Gasteiger partial charge on any atom is -0.395 e. The second-order valence-corrected chi connectivity index (χ2v) is 4.07. The van der Waals surface area contributed by atoms with Crippen molar-refractivity contribution >= 4 is 15.9 Å². The predicted octanol–water partition coefficient (Wildman–Crippen LogP) is 2.55. The first-order valence-corrected chi connectivity index (χ1v) is 5.41. The molecule has 6 heteroatoms. The highest BCUT2D eigenvalue weighted by atomic mass is 79.9. The highest BCUT2D eigenvalue weighted by Crippen LogP contribution is 2.35. The number of hydrogen-bond donors (Lipinski definition) is 2. The molecule has 0 unspecified atom stereocenters. The molecule has 0 fully saturated rings. The van der Waals surface area contributed by atoms with Crippen LogP contribution in [0.15, 0.2) is 22.7 Å². The normalized spacial score (nSPS) is 11.8. The van der Waals surface area contributed by atoms with E-state index in [1.165, 1.54) is 6.07 Å². The van der Waals surface area contributed by atoms with Crippen LogP contribution in [-0.4, -0.2) is 18.3 Å². The maximum atomic E-state index is 12.5. The van der Waals surface area contributed by atoms with Crippen molar-refractivity contribution in [2.75, 3.05) is 13.2 Å². The third-order valence-electron chi connectivity index (χ3n) is 1.95. The van der Waals surface area contributed by atoms with E-state index in [2.05, 4.69) is 21.2 Å². The maximum Gasteiger partial charge on any atom is 0.417 e. The molecule has 0 aliphatic rings. The van der Waals surface area contributed by atoms with Gasteiger partial charge in [0.2, 0.25) is 0 Å². The molecule has 0 spiro atoms. The van der Waals surface area contributed by atoms with Gasteiger partial charge in [0.05, 0.1) is 12.2 Å². The predicted molar refractivity (Wildman–Crippen MR) is 57.9 cm³/mol. The van der Waals surface area contributed by atoms with Gasteiger partial charge >= 0.3 is 6.18 Å². The van der Waals surface area contributed by atoms with Crippen molar-refractivity contribution in [1.82, 2.24) is 5.32 Å². The van der Waals surface area contributed by atoms with Gasteiger partial charge < -0.3 is 10.4 Å². The lowest BCUT2D eigenvalue weighted by molar-refractivity contribution is -0.138. The topological polar surface area (TPSA) is 32.3 Å². The van der Waals surface area contributed by atoms with E-state index in [0.29, 0.717) is 18.7 Å². The van der Waals surface area contributed by atoms with Crippen molar-refractivity contribution in [1.29, 1.82) is 0 Å². The van der Waals surface area contributed by atoms with Crippen LogP contribution in [0.1, 0.15) is 11.1 Å². The Balaban J connectivity index is 2.82. The van der Waals surface area contributed by atoms with Gasteiger partial charge in [-0.15, -0.1) is 0 Å². The zero-order chi connectivity index (χ0) is 12.2. The van der Waals surface area contributed by atoms with E-state index in [0.717, 1.165) is 6.07 Å². The quantitative estimate of drug-likeness (QED) is 0.837. The molecule has 0 aliphatic heterocycles. The standard InChI is InChI=1S/C10H11BrF3NO/c11-9-2-1-7(6-15-3-4-16)5-8(9)10(12,13)14/h1-2,5,15-16H,3-4,6H2. The number of aliphatic hydroxyl groups excluding tert-OH is 1. The summed E-state index contributed by atoms with van der Waals surface area (Å²) in [5.41, 5.74) is -0.153. The fourth-order valence-electron chi connectivity index (χ4n) is 1.21. The molecule has 0 heterocycles. The Bertz CT molecular complexity index is 354. The number of aliphatic hydroxyl groups is 1. The van der Waals surface area contributed by atoms with E-state index in [9.17, 15) is 13.2 Å². The maximum absolute atomic E-state index is 12.5. The molecule has 0 saturated carbocycles. The Hall–Kier alpha value is -0.590. The summed E-state index contributed by atoms with van der Waals surface area (Å²) in [7, 11) is 0. The summed E-state index contributed by atoms with van der Waals surface area (Å²) in [4.78, 5) is 0. The van der Waals surface area contributed by atoms with Gasteiger partial charge in [0.1, 0.15) is 0 Å². The fraction of sp³-hybridized carbons (Fsp3) is 0.400. The van der Waals surface area contributed by atoms with Crippen LogP contribution in [0, 0.1) is 0 Å². The van der Waals surface area contributed by atoms with Gasteiger partial charge in [0.15, 0.2) is 0 Å². The molecule has 0 bridgehead atoms. The van der Waals surface area contributed by atoms with Gasteiger partial charge in [-0.3, -0.25) is 0 Å². The fourth-order valence-corrected chi connectivity index (χ4v) is 1.68. The van der Waals surface area contributed by atoms with Crippen molar-refractivity contribution in [3.8, 4) is 0 Å². The van der Waals surface area contributed by atoms with Gasteiger partial charge in [-0.1, -0.05) is 22.0 Å². The van der Waals surface area contributed by atoms with Crippen molar-refractivity contribution in [3.63, 3.8) is 0 Å². The zero-order valence-corrected chi connectivity index (χ0v) is 9.90. The molecule has 0 saturated heterocycles. The van der Waals surface area contributed by atoms with Crippen LogP contribution in [0.3, 0.4) is 0 Å². The van der Waals surface area contributed by atoms with E-state index in [-0.39, 0.29) is 11.1 Å². The lowest BCUT2D eigenvalue weighted by Gasteiger charge is -2.11. The van der Waals surface area contributed by atoms with Crippen LogP contribution >= 0.6 is 15.9 Å². The molecule has 0 aromatic heterocycles. The number of rotatable bonds is 4. The van der Waals surface area contributed by atoms with Crippen molar-refractivity contribution in [2.24, 2.45) is 0 Å². The first-order valence-electron chi connectivity index (χ1n) is 4.62.